The SMILES string of the molecule is [B]Pc1cc(-c2cc(C)c(O)c(C(c3ccc(C)cc3)c3cc(-c4cccc(C)c4)cc(C)c3O)c2)ccc1O. The van der Waals surface area contributed by atoms with Crippen LogP contribution in [0.5, 0.6) is 17.2 Å². The lowest BCUT2D eigenvalue weighted by Crippen LogP contribution is -2.07. The van der Waals surface area contributed by atoms with E-state index in [9.17, 15) is 15.3 Å². The fourth-order valence-electron chi connectivity index (χ4n) is 5.33. The van der Waals surface area contributed by atoms with Crippen LogP contribution < -0.4 is 5.30 Å². The highest BCUT2D eigenvalue weighted by Gasteiger charge is 2.26. The highest BCUT2D eigenvalue weighted by Crippen LogP contribution is 2.45. The Morgan fingerprint density at radius 2 is 1.15 bits per heavy atom. The van der Waals surface area contributed by atoms with Gasteiger partial charge in [-0.05, 0) is 103 Å². The van der Waals surface area contributed by atoms with Crippen molar-refractivity contribution < 1.29 is 15.3 Å². The van der Waals surface area contributed by atoms with Crippen LogP contribution in [-0.2, 0) is 0 Å². The number of rotatable bonds is 6. The van der Waals surface area contributed by atoms with E-state index in [1.54, 1.807) is 6.07 Å². The first kappa shape index (κ1) is 27.6. The predicted molar refractivity (Wildman–Crippen MR) is 169 cm³/mol. The normalized spacial score (nSPS) is 12.2. The maximum Gasteiger partial charge on any atom is 0.122 e. The lowest BCUT2D eigenvalue weighted by Gasteiger charge is -2.24. The summed E-state index contributed by atoms with van der Waals surface area (Å²) in [6.45, 7) is 7.91. The van der Waals surface area contributed by atoms with Crippen molar-refractivity contribution in [2.45, 2.75) is 33.6 Å². The molecular weight excluding hydrogens is 510 g/mol. The van der Waals surface area contributed by atoms with Crippen LogP contribution in [0, 0.1) is 27.7 Å². The van der Waals surface area contributed by atoms with Crippen LogP contribution in [0.15, 0.2) is 91.0 Å². The van der Waals surface area contributed by atoms with E-state index in [2.05, 4.69) is 49.4 Å². The molecule has 2 radical (unpaired) electrons. The molecule has 0 aliphatic rings. The number of aromatic hydroxyl groups is 3. The molecule has 0 bridgehead atoms. The summed E-state index contributed by atoms with van der Waals surface area (Å²) in [5.41, 5.74) is 10.0. The molecule has 2 atom stereocenters. The Balaban J connectivity index is 1.78. The predicted octanol–water partition coefficient (Wildman–Crippen LogP) is 7.94. The first-order chi connectivity index (χ1) is 19.2. The summed E-state index contributed by atoms with van der Waals surface area (Å²) >= 11 is 0. The highest BCUT2D eigenvalue weighted by molar-refractivity contribution is 7.73. The molecule has 0 saturated heterocycles. The van der Waals surface area contributed by atoms with E-state index in [4.69, 9.17) is 7.57 Å². The Labute approximate surface area is 239 Å². The average molecular weight is 542 g/mol. The van der Waals surface area contributed by atoms with Crippen LogP contribution in [0.2, 0.25) is 0 Å². The van der Waals surface area contributed by atoms with Crippen molar-refractivity contribution in [3.8, 4) is 39.5 Å². The molecule has 0 spiro atoms. The minimum atomic E-state index is -0.435. The van der Waals surface area contributed by atoms with Crippen LogP contribution in [0.4, 0.5) is 0 Å². The van der Waals surface area contributed by atoms with Gasteiger partial charge in [-0.25, -0.2) is 0 Å². The number of phenolic OH excluding ortho intramolecular Hbond substituents is 3. The molecule has 3 N–H and O–H groups in total. The van der Waals surface area contributed by atoms with Crippen molar-refractivity contribution in [2.24, 2.45) is 0 Å². The number of hydrogen-bond acceptors (Lipinski definition) is 3. The third-order valence-electron chi connectivity index (χ3n) is 7.53. The average Bonchev–Trinajstić information content (AvgIpc) is 2.94. The van der Waals surface area contributed by atoms with Gasteiger partial charge in [0.15, 0.2) is 0 Å². The molecule has 0 heterocycles. The number of benzene rings is 5. The van der Waals surface area contributed by atoms with Gasteiger partial charge in [0.25, 0.3) is 0 Å². The van der Waals surface area contributed by atoms with E-state index in [1.165, 1.54) is 0 Å². The van der Waals surface area contributed by atoms with Crippen molar-refractivity contribution in [3.63, 3.8) is 0 Å². The zero-order valence-corrected chi connectivity index (χ0v) is 24.2. The smallest absolute Gasteiger partial charge is 0.122 e. The van der Waals surface area contributed by atoms with Crippen LogP contribution in [0.1, 0.15) is 44.9 Å². The Morgan fingerprint density at radius 1 is 0.575 bits per heavy atom. The molecule has 5 heteroatoms. The van der Waals surface area contributed by atoms with Crippen LogP contribution in [0.3, 0.4) is 0 Å². The zero-order valence-electron chi connectivity index (χ0n) is 23.2. The third-order valence-corrected chi connectivity index (χ3v) is 8.24. The molecule has 3 nitrogen and oxygen atoms in total. The van der Waals surface area contributed by atoms with Crippen LogP contribution in [-0.4, -0.2) is 22.9 Å². The second kappa shape index (κ2) is 11.2. The van der Waals surface area contributed by atoms with Crippen molar-refractivity contribution >= 4 is 21.3 Å². The molecule has 198 valence electrons. The summed E-state index contributed by atoms with van der Waals surface area (Å²) in [7, 11) is 5.86. The van der Waals surface area contributed by atoms with Gasteiger partial charge in [-0.3, -0.25) is 0 Å². The molecule has 5 aromatic rings. The van der Waals surface area contributed by atoms with E-state index in [1.807, 2.05) is 63.2 Å². The van der Waals surface area contributed by atoms with Gasteiger partial charge in [-0.2, -0.15) is 0 Å². The minimum Gasteiger partial charge on any atom is -0.507 e. The van der Waals surface area contributed by atoms with Gasteiger partial charge in [0.05, 0.1) is 0 Å². The topological polar surface area (TPSA) is 60.7 Å². The molecule has 0 saturated carbocycles. The van der Waals surface area contributed by atoms with Crippen molar-refractivity contribution in [1.29, 1.82) is 0 Å². The fraction of sp³-hybridized carbons (Fsp3) is 0.143. The van der Waals surface area contributed by atoms with Gasteiger partial charge in [-0.15, -0.1) is 8.46 Å². The van der Waals surface area contributed by atoms with E-state index in [0.29, 0.717) is 10.9 Å². The van der Waals surface area contributed by atoms with Crippen LogP contribution >= 0.6 is 8.46 Å². The summed E-state index contributed by atoms with van der Waals surface area (Å²) in [4.78, 5) is 0. The first-order valence-corrected chi connectivity index (χ1v) is 14.3. The van der Waals surface area contributed by atoms with Gasteiger partial charge < -0.3 is 15.3 Å². The van der Waals surface area contributed by atoms with Gasteiger partial charge in [0.2, 0.25) is 0 Å². The monoisotopic (exact) mass is 542 g/mol. The summed E-state index contributed by atoms with van der Waals surface area (Å²) in [6, 6.07) is 29.9. The molecule has 40 heavy (non-hydrogen) atoms. The number of phenols is 3. The molecule has 0 aromatic heterocycles. The first-order valence-electron chi connectivity index (χ1n) is 13.3. The Hall–Kier alpha value is -4.01. The Kier molecular flexibility index (Phi) is 7.74. The van der Waals surface area contributed by atoms with Crippen molar-refractivity contribution in [3.05, 3.63) is 130 Å². The Bertz CT molecular complexity index is 1710. The van der Waals surface area contributed by atoms with Gasteiger partial charge in [0, 0.05) is 22.3 Å². The lowest BCUT2D eigenvalue weighted by atomic mass is 9.80. The second-order valence-electron chi connectivity index (χ2n) is 10.6. The molecular formula is C35H32BO3P. The quantitative estimate of drug-likeness (QED) is 0.116. The molecule has 0 aliphatic heterocycles. The van der Waals surface area contributed by atoms with Gasteiger partial charge >= 0.3 is 0 Å². The van der Waals surface area contributed by atoms with Crippen LogP contribution in [0.25, 0.3) is 22.3 Å². The maximum atomic E-state index is 11.5. The van der Waals surface area contributed by atoms with Gasteiger partial charge in [0.1, 0.15) is 24.8 Å². The largest absolute Gasteiger partial charge is 0.507 e. The minimum absolute atomic E-state index is 0.0406. The highest BCUT2D eigenvalue weighted by atomic mass is 31.1. The van der Waals surface area contributed by atoms with E-state index < -0.39 is 5.92 Å². The molecule has 0 fully saturated rings. The molecule has 0 amide bonds. The van der Waals surface area contributed by atoms with E-state index in [0.717, 1.165) is 55.6 Å². The lowest BCUT2D eigenvalue weighted by molar-refractivity contribution is 0.454. The molecule has 5 aromatic carbocycles. The maximum absolute atomic E-state index is 11.5. The molecule has 2 unspecified atom stereocenters. The molecule has 0 aliphatic carbocycles. The zero-order chi connectivity index (χ0) is 28.6. The Morgan fingerprint density at radius 3 is 1.70 bits per heavy atom. The van der Waals surface area contributed by atoms with E-state index >= 15 is 0 Å². The van der Waals surface area contributed by atoms with E-state index in [-0.39, 0.29) is 25.7 Å². The summed E-state index contributed by atoms with van der Waals surface area (Å²) < 4.78 is 0. The second-order valence-corrected chi connectivity index (χ2v) is 11.4. The van der Waals surface area contributed by atoms with Crippen molar-refractivity contribution in [1.82, 2.24) is 0 Å². The summed E-state index contributed by atoms with van der Waals surface area (Å²) in [6.07, 6.45) is 0. The fourth-order valence-corrected chi connectivity index (χ4v) is 5.80. The number of aryl methyl sites for hydroxylation is 4. The summed E-state index contributed by atoms with van der Waals surface area (Å²) in [5, 5.41) is 33.9. The van der Waals surface area contributed by atoms with Gasteiger partial charge in [-0.1, -0.05) is 65.7 Å². The summed E-state index contributed by atoms with van der Waals surface area (Å²) in [5.74, 6) is 0.134. The molecule has 5 rings (SSSR count). The van der Waals surface area contributed by atoms with Crippen molar-refractivity contribution in [2.75, 3.05) is 0 Å². The number of hydrogen-bond donors (Lipinski definition) is 3. The standard InChI is InChI=1S/C35H32BO3P/c1-20-8-10-24(11-9-20)33(29-17-27(15-22(3)34(29)38)25-7-5-6-21(2)14-25)30-18-28(16-23(4)35(30)39)26-12-13-31(37)32(19-26)40-36/h5-19,33,37-40H,1-4H3. The third kappa shape index (κ3) is 5.37.